The fraction of sp³-hybridized carbons (Fsp3) is 0.706. The highest BCUT2D eigenvalue weighted by Gasteiger charge is 2.79. The summed E-state index contributed by atoms with van der Waals surface area (Å²) in [4.78, 5) is 2.67. The molecule has 1 spiro atoms. The molecule has 0 aromatic heterocycles. The van der Waals surface area contributed by atoms with E-state index in [-0.39, 0.29) is 37.1 Å². The van der Waals surface area contributed by atoms with Crippen molar-refractivity contribution in [3.63, 3.8) is 0 Å². The van der Waals surface area contributed by atoms with Crippen LogP contribution in [0.25, 0.3) is 10.4 Å². The maximum Gasteiger partial charge on any atom is 0.456 e. The van der Waals surface area contributed by atoms with Crippen molar-refractivity contribution in [3.8, 4) is 11.8 Å². The molecule has 1 aromatic carbocycles. The van der Waals surface area contributed by atoms with Crippen LogP contribution in [0, 0.1) is 34.5 Å². The van der Waals surface area contributed by atoms with Gasteiger partial charge in [0.05, 0.1) is 25.4 Å². The Labute approximate surface area is 265 Å². The Kier molecular flexibility index (Phi) is 7.89. The molecule has 46 heavy (non-hydrogen) atoms. The van der Waals surface area contributed by atoms with Crippen molar-refractivity contribution in [3.05, 3.63) is 57.0 Å². The van der Waals surface area contributed by atoms with E-state index in [9.17, 15) is 23.4 Å². The molecule has 4 aliphatic carbocycles. The predicted octanol–water partition coefficient (Wildman–Crippen LogP) is 7.57. The lowest BCUT2D eigenvalue weighted by Crippen LogP contribution is -2.65. The van der Waals surface area contributed by atoms with Crippen molar-refractivity contribution in [1.82, 2.24) is 0 Å². The lowest BCUT2D eigenvalue weighted by Gasteiger charge is -2.59. The molecule has 6 atom stereocenters. The van der Waals surface area contributed by atoms with E-state index < -0.39 is 52.8 Å². The number of hydrogen-bond donors (Lipinski definition) is 2. The summed E-state index contributed by atoms with van der Waals surface area (Å²) in [6.45, 7) is 6.42. The lowest BCUT2D eigenvalue weighted by molar-refractivity contribution is -0.362. The van der Waals surface area contributed by atoms with Gasteiger partial charge in [-0.1, -0.05) is 55.4 Å². The van der Waals surface area contributed by atoms with Gasteiger partial charge in [-0.25, -0.2) is 0 Å². The van der Waals surface area contributed by atoms with E-state index in [1.54, 1.807) is 24.3 Å². The molecule has 5 aliphatic rings. The Morgan fingerprint density at radius 1 is 1.00 bits per heavy atom. The summed E-state index contributed by atoms with van der Waals surface area (Å²) >= 11 is 0. The third-order valence-electron chi connectivity index (χ3n) is 11.7. The summed E-state index contributed by atoms with van der Waals surface area (Å²) in [5.41, 5.74) is 4.98. The summed E-state index contributed by atoms with van der Waals surface area (Å²) < 4.78 is 84.8. The molecule has 7 nitrogen and oxygen atoms in total. The van der Waals surface area contributed by atoms with Gasteiger partial charge in [0.2, 0.25) is 0 Å². The zero-order chi connectivity index (χ0) is 33.4. The Balaban J connectivity index is 1.44. The summed E-state index contributed by atoms with van der Waals surface area (Å²) in [5.74, 6) is -2.25. The number of aliphatic hydroxyl groups is 2. The number of azide groups is 1. The standard InChI is InChI=1S/C34H40F5N3O4/c1-28(2)19-45-31(46-20-28)14-11-26-27-23(10-13-30(26,43)18-31)25-12-15-32(44,33(35,36)34(37,38)39)29(25,3)17-24(27)22-8-6-21(7-9-22)5-4-16-41-42-40/h6-9,23-25,43-44H,10-20H2,1-3H3/t23-,24+,25-,29-,30+,32-/m0/s1. The lowest BCUT2D eigenvalue weighted by atomic mass is 9.49. The van der Waals surface area contributed by atoms with E-state index in [1.165, 1.54) is 6.92 Å². The number of hydrogen-bond acceptors (Lipinski definition) is 5. The summed E-state index contributed by atoms with van der Waals surface area (Å²) in [6, 6.07) is 7.02. The molecule has 1 aromatic rings. The zero-order valence-corrected chi connectivity index (χ0v) is 26.3. The predicted molar refractivity (Wildman–Crippen MR) is 158 cm³/mol. The van der Waals surface area contributed by atoms with Crippen LogP contribution in [0.1, 0.15) is 89.2 Å². The second-order valence-electron chi connectivity index (χ2n) is 15.0. The van der Waals surface area contributed by atoms with E-state index in [0.717, 1.165) is 11.1 Å². The molecule has 0 radical (unpaired) electrons. The number of fused-ring (bicyclic) bond motifs is 4. The van der Waals surface area contributed by atoms with E-state index in [4.69, 9.17) is 15.0 Å². The number of allylic oxidation sites excluding steroid dienone is 1. The average molecular weight is 650 g/mol. The third-order valence-corrected chi connectivity index (χ3v) is 11.7. The van der Waals surface area contributed by atoms with Gasteiger partial charge >= 0.3 is 12.1 Å². The zero-order valence-electron chi connectivity index (χ0n) is 26.3. The quantitative estimate of drug-likeness (QED) is 0.0880. The number of ether oxygens (including phenoxy) is 2. The Hall–Kier alpha value is -2.68. The minimum atomic E-state index is -5.91. The number of halogens is 5. The highest BCUT2D eigenvalue weighted by molar-refractivity contribution is 5.46. The van der Waals surface area contributed by atoms with Gasteiger partial charge < -0.3 is 19.7 Å². The van der Waals surface area contributed by atoms with Gasteiger partial charge in [0.15, 0.2) is 5.79 Å². The molecule has 4 fully saturated rings. The van der Waals surface area contributed by atoms with Crippen molar-refractivity contribution < 1.29 is 41.6 Å². The largest absolute Gasteiger partial charge is 0.456 e. The molecule has 1 saturated heterocycles. The summed E-state index contributed by atoms with van der Waals surface area (Å²) in [7, 11) is 0. The smallest absolute Gasteiger partial charge is 0.385 e. The monoisotopic (exact) mass is 649 g/mol. The first kappa shape index (κ1) is 33.2. The summed E-state index contributed by atoms with van der Waals surface area (Å²) in [5, 5.41) is 27.2. The third kappa shape index (κ3) is 5.05. The van der Waals surface area contributed by atoms with Crippen molar-refractivity contribution in [2.45, 2.75) is 107 Å². The van der Waals surface area contributed by atoms with Gasteiger partial charge in [0.25, 0.3) is 0 Å². The van der Waals surface area contributed by atoms with Crippen molar-refractivity contribution in [2.24, 2.45) is 27.8 Å². The molecule has 6 rings (SSSR count). The Morgan fingerprint density at radius 2 is 1.67 bits per heavy atom. The molecule has 0 bridgehead atoms. The molecule has 12 heteroatoms. The average Bonchev–Trinajstić information content (AvgIpc) is 3.27. The first-order valence-corrected chi connectivity index (χ1v) is 15.9. The fourth-order valence-electron chi connectivity index (χ4n) is 9.31. The van der Waals surface area contributed by atoms with Gasteiger partial charge in [0.1, 0.15) is 5.60 Å². The topological polar surface area (TPSA) is 108 Å². The Morgan fingerprint density at radius 3 is 2.30 bits per heavy atom. The molecule has 2 N–H and O–H groups in total. The van der Waals surface area contributed by atoms with Crippen LogP contribution in [0.2, 0.25) is 0 Å². The van der Waals surface area contributed by atoms with Crippen LogP contribution in [-0.2, 0) is 9.47 Å². The number of alkyl halides is 5. The van der Waals surface area contributed by atoms with Crippen LogP contribution >= 0.6 is 0 Å². The minimum Gasteiger partial charge on any atom is -0.385 e. The molecule has 250 valence electrons. The van der Waals surface area contributed by atoms with Crippen molar-refractivity contribution in [2.75, 3.05) is 19.8 Å². The molecule has 1 aliphatic heterocycles. The van der Waals surface area contributed by atoms with Crippen LogP contribution < -0.4 is 0 Å². The second kappa shape index (κ2) is 10.9. The van der Waals surface area contributed by atoms with Gasteiger partial charge in [0, 0.05) is 40.1 Å². The van der Waals surface area contributed by atoms with Crippen LogP contribution in [0.3, 0.4) is 0 Å². The number of nitrogens with zero attached hydrogens (tertiary/aromatic N) is 3. The van der Waals surface area contributed by atoms with Crippen molar-refractivity contribution in [1.29, 1.82) is 0 Å². The van der Waals surface area contributed by atoms with Crippen LogP contribution in [0.5, 0.6) is 0 Å². The highest BCUT2D eigenvalue weighted by atomic mass is 19.4. The molecular formula is C34H40F5N3O4. The molecule has 1 heterocycles. The van der Waals surface area contributed by atoms with Gasteiger partial charge in [-0.3, -0.25) is 0 Å². The van der Waals surface area contributed by atoms with E-state index >= 15 is 8.78 Å². The van der Waals surface area contributed by atoms with E-state index in [2.05, 4.69) is 21.9 Å². The van der Waals surface area contributed by atoms with Gasteiger partial charge in [-0.05, 0) is 79.2 Å². The van der Waals surface area contributed by atoms with Gasteiger partial charge in [-0.15, -0.1) is 0 Å². The molecule has 0 unspecified atom stereocenters. The maximum absolute atomic E-state index is 15.3. The minimum absolute atomic E-state index is 0.0183. The van der Waals surface area contributed by atoms with Crippen LogP contribution in [-0.4, -0.2) is 59.1 Å². The molecule has 3 saturated carbocycles. The molecular weight excluding hydrogens is 609 g/mol. The fourth-order valence-corrected chi connectivity index (χ4v) is 9.31. The Bertz CT molecular complexity index is 1520. The highest BCUT2D eigenvalue weighted by Crippen LogP contribution is 2.71. The first-order chi connectivity index (χ1) is 21.4. The van der Waals surface area contributed by atoms with Gasteiger partial charge in [-0.2, -0.15) is 22.0 Å². The van der Waals surface area contributed by atoms with Crippen LogP contribution in [0.15, 0.2) is 40.5 Å². The first-order valence-electron chi connectivity index (χ1n) is 15.9. The van der Waals surface area contributed by atoms with Crippen molar-refractivity contribution >= 4 is 0 Å². The maximum atomic E-state index is 15.3. The second-order valence-corrected chi connectivity index (χ2v) is 15.0. The number of rotatable bonds is 3. The number of benzene rings is 1. The normalized spacial score (nSPS) is 36.5. The molecule has 0 amide bonds. The van der Waals surface area contributed by atoms with E-state index in [1.807, 2.05) is 13.8 Å². The van der Waals surface area contributed by atoms with E-state index in [0.29, 0.717) is 50.0 Å². The SMILES string of the molecule is CC1(C)COC2(CCC3=C4[C@@H](CC[C@@]3(O)C2)[C@@H]2CC[C@@](O)(C(F)(F)C(F)(F)F)[C@@]2(C)C[C@@H]4c2ccc(C#CCN=[N+]=[N-])cc2)OC1. The summed E-state index contributed by atoms with van der Waals surface area (Å²) in [6.07, 6.45) is -4.89. The van der Waals surface area contributed by atoms with Crippen LogP contribution in [0.4, 0.5) is 22.0 Å².